The van der Waals surface area contributed by atoms with E-state index in [-0.39, 0.29) is 11.7 Å². The molecular formula is C14H20N4O2S. The number of nitrogens with one attached hydrogen (secondary N) is 1. The number of benzene rings is 1. The molecule has 1 amide bonds. The third-order valence-corrected chi connectivity index (χ3v) is 4.08. The standard InChI is InChI=1S/C14H20N4O2S/c15-14(18-7-9-21-10-8-18)17-6-5-16-13(20)11-1-3-12(19)4-2-11/h1-4,19H,5-10H2,(H2,15,17)(H,16,20). The summed E-state index contributed by atoms with van der Waals surface area (Å²) in [4.78, 5) is 18.2. The third-order valence-electron chi connectivity index (χ3n) is 3.14. The van der Waals surface area contributed by atoms with Crippen LogP contribution in [0.4, 0.5) is 0 Å². The van der Waals surface area contributed by atoms with Crippen LogP contribution in [0.1, 0.15) is 10.4 Å². The topological polar surface area (TPSA) is 90.9 Å². The minimum atomic E-state index is -0.182. The lowest BCUT2D eigenvalue weighted by molar-refractivity contribution is 0.0955. The van der Waals surface area contributed by atoms with Crippen LogP contribution < -0.4 is 11.1 Å². The van der Waals surface area contributed by atoms with Crippen molar-refractivity contribution in [3.63, 3.8) is 0 Å². The van der Waals surface area contributed by atoms with Crippen molar-refractivity contribution < 1.29 is 9.90 Å². The molecule has 1 aromatic rings. The number of phenols is 1. The normalized spacial score (nSPS) is 15.8. The van der Waals surface area contributed by atoms with Crippen molar-refractivity contribution in [2.45, 2.75) is 0 Å². The molecule has 0 unspecified atom stereocenters. The Labute approximate surface area is 128 Å². The monoisotopic (exact) mass is 308 g/mol. The van der Waals surface area contributed by atoms with Crippen LogP contribution in [0, 0.1) is 0 Å². The van der Waals surface area contributed by atoms with Gasteiger partial charge in [0.25, 0.3) is 5.91 Å². The van der Waals surface area contributed by atoms with E-state index in [0.29, 0.717) is 24.6 Å². The lowest BCUT2D eigenvalue weighted by Gasteiger charge is -2.27. The number of hydrogen-bond donors (Lipinski definition) is 3. The summed E-state index contributed by atoms with van der Waals surface area (Å²) < 4.78 is 0. The van der Waals surface area contributed by atoms with E-state index in [1.54, 1.807) is 12.1 Å². The lowest BCUT2D eigenvalue weighted by Crippen LogP contribution is -2.43. The predicted molar refractivity (Wildman–Crippen MR) is 85.8 cm³/mol. The molecule has 0 bridgehead atoms. The van der Waals surface area contributed by atoms with Crippen molar-refractivity contribution in [2.75, 3.05) is 37.7 Å². The van der Waals surface area contributed by atoms with Crippen LogP contribution in [0.5, 0.6) is 5.75 Å². The molecule has 2 rings (SSSR count). The molecule has 114 valence electrons. The van der Waals surface area contributed by atoms with Gasteiger partial charge in [0.2, 0.25) is 0 Å². The maximum atomic E-state index is 11.8. The van der Waals surface area contributed by atoms with Gasteiger partial charge in [-0.2, -0.15) is 11.8 Å². The van der Waals surface area contributed by atoms with E-state index in [1.165, 1.54) is 12.1 Å². The van der Waals surface area contributed by atoms with Crippen LogP contribution in [0.25, 0.3) is 0 Å². The molecule has 0 radical (unpaired) electrons. The Morgan fingerprint density at radius 2 is 2.00 bits per heavy atom. The summed E-state index contributed by atoms with van der Waals surface area (Å²) in [5.41, 5.74) is 6.43. The van der Waals surface area contributed by atoms with Crippen LogP contribution in [0.3, 0.4) is 0 Å². The maximum Gasteiger partial charge on any atom is 0.251 e. The van der Waals surface area contributed by atoms with E-state index in [0.717, 1.165) is 24.6 Å². The molecule has 6 nitrogen and oxygen atoms in total. The summed E-state index contributed by atoms with van der Waals surface area (Å²) in [6, 6.07) is 6.13. The van der Waals surface area contributed by atoms with Crippen molar-refractivity contribution in [1.82, 2.24) is 10.2 Å². The second-order valence-corrected chi connectivity index (χ2v) is 5.87. The Kier molecular flexibility index (Phi) is 5.74. The first-order chi connectivity index (χ1) is 10.2. The van der Waals surface area contributed by atoms with E-state index in [4.69, 9.17) is 10.8 Å². The number of nitrogens with zero attached hydrogens (tertiary/aromatic N) is 2. The van der Waals surface area contributed by atoms with E-state index >= 15 is 0 Å². The van der Waals surface area contributed by atoms with Crippen molar-refractivity contribution in [3.8, 4) is 5.75 Å². The van der Waals surface area contributed by atoms with Gasteiger partial charge in [0.05, 0.1) is 6.54 Å². The zero-order valence-electron chi connectivity index (χ0n) is 11.8. The number of nitrogens with two attached hydrogens (primary N) is 1. The van der Waals surface area contributed by atoms with Gasteiger partial charge >= 0.3 is 0 Å². The Morgan fingerprint density at radius 1 is 1.33 bits per heavy atom. The first-order valence-corrected chi connectivity index (χ1v) is 8.02. The average molecular weight is 308 g/mol. The second-order valence-electron chi connectivity index (χ2n) is 4.64. The summed E-state index contributed by atoms with van der Waals surface area (Å²) >= 11 is 1.92. The number of carbonyl (C=O) groups excluding carboxylic acids is 1. The number of aliphatic imine (C=N–C) groups is 1. The molecule has 1 aliphatic rings. The summed E-state index contributed by atoms with van der Waals surface area (Å²) in [5.74, 6) is 2.66. The quantitative estimate of drug-likeness (QED) is 0.428. The minimum absolute atomic E-state index is 0.142. The molecule has 0 aliphatic carbocycles. The summed E-state index contributed by atoms with van der Waals surface area (Å²) in [5, 5.41) is 11.9. The maximum absolute atomic E-state index is 11.8. The largest absolute Gasteiger partial charge is 0.508 e. The zero-order valence-corrected chi connectivity index (χ0v) is 12.6. The Bertz CT molecular complexity index is 498. The molecular weight excluding hydrogens is 288 g/mol. The van der Waals surface area contributed by atoms with Crippen LogP contribution >= 0.6 is 11.8 Å². The Balaban J connectivity index is 1.73. The van der Waals surface area contributed by atoms with Crippen molar-refractivity contribution in [3.05, 3.63) is 29.8 Å². The highest BCUT2D eigenvalue weighted by Gasteiger charge is 2.11. The van der Waals surface area contributed by atoms with Crippen molar-refractivity contribution >= 4 is 23.6 Å². The van der Waals surface area contributed by atoms with Crippen LogP contribution in [0.2, 0.25) is 0 Å². The van der Waals surface area contributed by atoms with Crippen LogP contribution in [-0.4, -0.2) is 59.6 Å². The molecule has 1 aliphatic heterocycles. The SMILES string of the molecule is NC(=NCCNC(=O)c1ccc(O)cc1)N1CCSCC1. The number of guanidine groups is 1. The van der Waals surface area contributed by atoms with Crippen LogP contribution in [-0.2, 0) is 0 Å². The number of hydrogen-bond acceptors (Lipinski definition) is 4. The first-order valence-electron chi connectivity index (χ1n) is 6.86. The molecule has 0 aromatic heterocycles. The van der Waals surface area contributed by atoms with E-state index in [9.17, 15) is 4.79 Å². The van der Waals surface area contributed by atoms with E-state index < -0.39 is 0 Å². The molecule has 1 aromatic carbocycles. The molecule has 0 saturated carbocycles. The number of amides is 1. The van der Waals surface area contributed by atoms with Gasteiger partial charge in [0.15, 0.2) is 5.96 Å². The van der Waals surface area contributed by atoms with Crippen LogP contribution in [0.15, 0.2) is 29.3 Å². The van der Waals surface area contributed by atoms with Gasteiger partial charge in [0.1, 0.15) is 5.75 Å². The number of carbonyl (C=O) groups is 1. The number of thioether (sulfide) groups is 1. The van der Waals surface area contributed by atoms with Gasteiger partial charge in [-0.05, 0) is 24.3 Å². The fraction of sp³-hybridized carbons (Fsp3) is 0.429. The van der Waals surface area contributed by atoms with E-state index in [2.05, 4.69) is 15.2 Å². The molecule has 21 heavy (non-hydrogen) atoms. The third kappa shape index (κ3) is 4.86. The average Bonchev–Trinajstić information content (AvgIpc) is 2.52. The van der Waals surface area contributed by atoms with E-state index in [1.807, 2.05) is 11.8 Å². The van der Waals surface area contributed by atoms with Gasteiger partial charge in [-0.15, -0.1) is 0 Å². The van der Waals surface area contributed by atoms with Crippen molar-refractivity contribution in [2.24, 2.45) is 10.7 Å². The molecule has 0 spiro atoms. The summed E-state index contributed by atoms with van der Waals surface area (Å²) in [6.45, 7) is 2.75. The minimum Gasteiger partial charge on any atom is -0.508 e. The highest BCUT2D eigenvalue weighted by Crippen LogP contribution is 2.09. The Morgan fingerprint density at radius 3 is 2.67 bits per heavy atom. The lowest BCUT2D eigenvalue weighted by atomic mass is 10.2. The zero-order chi connectivity index (χ0) is 15.1. The number of rotatable bonds is 4. The fourth-order valence-corrected chi connectivity index (χ4v) is 2.85. The highest BCUT2D eigenvalue weighted by atomic mass is 32.2. The number of aromatic hydroxyl groups is 1. The molecule has 0 atom stereocenters. The van der Waals surface area contributed by atoms with Gasteiger partial charge in [-0.1, -0.05) is 0 Å². The number of phenolic OH excluding ortho intramolecular Hbond substituents is 1. The van der Waals surface area contributed by atoms with Gasteiger partial charge in [-0.25, -0.2) is 0 Å². The van der Waals surface area contributed by atoms with Gasteiger partial charge < -0.3 is 21.1 Å². The molecule has 1 fully saturated rings. The first kappa shape index (κ1) is 15.5. The summed E-state index contributed by atoms with van der Waals surface area (Å²) in [7, 11) is 0. The smallest absolute Gasteiger partial charge is 0.251 e. The van der Waals surface area contributed by atoms with Gasteiger partial charge in [-0.3, -0.25) is 9.79 Å². The molecule has 1 saturated heterocycles. The summed E-state index contributed by atoms with van der Waals surface area (Å²) in [6.07, 6.45) is 0. The van der Waals surface area contributed by atoms with Gasteiger partial charge in [0, 0.05) is 36.7 Å². The second kappa shape index (κ2) is 7.78. The Hall–Kier alpha value is -1.89. The molecule has 1 heterocycles. The fourth-order valence-electron chi connectivity index (χ4n) is 1.95. The van der Waals surface area contributed by atoms with Crippen molar-refractivity contribution in [1.29, 1.82) is 0 Å². The highest BCUT2D eigenvalue weighted by molar-refractivity contribution is 7.99. The molecule has 4 N–H and O–H groups in total. The molecule has 7 heteroatoms. The predicted octanol–water partition coefficient (Wildman–Crippen LogP) is 0.486.